The fraction of sp³-hybridized carbons (Fsp3) is 0.364. The van der Waals surface area contributed by atoms with Gasteiger partial charge in [-0.3, -0.25) is 4.79 Å². The van der Waals surface area contributed by atoms with Crippen LogP contribution in [0.15, 0.2) is 53.5 Å². The maximum atomic E-state index is 12.8. The molecule has 2 aliphatic rings. The number of para-hydroxylation sites is 1. The summed E-state index contributed by atoms with van der Waals surface area (Å²) in [6, 6.07) is 14.5. The van der Waals surface area contributed by atoms with Crippen LogP contribution in [0.3, 0.4) is 0 Å². The summed E-state index contributed by atoms with van der Waals surface area (Å²) in [5.74, 6) is 1.22. The van der Waals surface area contributed by atoms with Crippen molar-refractivity contribution in [3.8, 4) is 11.5 Å². The Labute approximate surface area is 186 Å². The van der Waals surface area contributed by atoms with E-state index < -0.39 is 9.84 Å². The number of carbonyl (C=O) groups excluding carboxylic acids is 1. The minimum absolute atomic E-state index is 0.0532. The van der Waals surface area contributed by atoms with Crippen LogP contribution in [-0.4, -0.2) is 56.0 Å². The van der Waals surface area contributed by atoms with Crippen LogP contribution >= 0.6 is 11.8 Å². The Morgan fingerprint density at radius 3 is 2.61 bits per heavy atom. The van der Waals surface area contributed by atoms with E-state index in [0.29, 0.717) is 17.5 Å². The SMILES string of the molecule is CCOc1ccc(N2C(=NC(=O)Cc3ccccc3OC)SC3CS(=O)(=O)CC32)cc1. The second-order valence-corrected chi connectivity index (χ2v) is 10.7. The van der Waals surface area contributed by atoms with Crippen molar-refractivity contribution in [2.45, 2.75) is 24.6 Å². The van der Waals surface area contributed by atoms with Crippen molar-refractivity contribution in [1.82, 2.24) is 0 Å². The zero-order valence-corrected chi connectivity index (χ0v) is 19.0. The lowest BCUT2D eigenvalue weighted by atomic mass is 10.1. The van der Waals surface area contributed by atoms with Crippen LogP contribution in [0.2, 0.25) is 0 Å². The number of thioether (sulfide) groups is 1. The fourth-order valence-corrected chi connectivity index (χ4v) is 7.83. The Bertz CT molecular complexity index is 1100. The highest BCUT2D eigenvalue weighted by atomic mass is 32.2. The van der Waals surface area contributed by atoms with Crippen LogP contribution in [0, 0.1) is 0 Å². The minimum Gasteiger partial charge on any atom is -0.496 e. The molecule has 0 radical (unpaired) electrons. The molecule has 1 amide bonds. The zero-order chi connectivity index (χ0) is 22.0. The number of rotatable bonds is 6. The van der Waals surface area contributed by atoms with Gasteiger partial charge in [0, 0.05) is 16.5 Å². The monoisotopic (exact) mass is 460 g/mol. The van der Waals surface area contributed by atoms with E-state index in [2.05, 4.69) is 4.99 Å². The lowest BCUT2D eigenvalue weighted by molar-refractivity contribution is -0.117. The zero-order valence-electron chi connectivity index (χ0n) is 17.4. The third-order valence-electron chi connectivity index (χ3n) is 5.25. The number of nitrogens with zero attached hydrogens (tertiary/aromatic N) is 2. The average molecular weight is 461 g/mol. The van der Waals surface area contributed by atoms with E-state index in [-0.39, 0.29) is 35.1 Å². The van der Waals surface area contributed by atoms with Crippen molar-refractivity contribution in [2.75, 3.05) is 30.1 Å². The van der Waals surface area contributed by atoms with Gasteiger partial charge in [-0.1, -0.05) is 30.0 Å². The van der Waals surface area contributed by atoms with Gasteiger partial charge in [0.25, 0.3) is 5.91 Å². The molecule has 2 aromatic rings. The van der Waals surface area contributed by atoms with Gasteiger partial charge < -0.3 is 14.4 Å². The van der Waals surface area contributed by atoms with Crippen LogP contribution in [-0.2, 0) is 21.1 Å². The smallest absolute Gasteiger partial charge is 0.252 e. The molecule has 2 heterocycles. The molecule has 0 saturated carbocycles. The number of carbonyl (C=O) groups is 1. The molecule has 4 rings (SSSR count). The summed E-state index contributed by atoms with van der Waals surface area (Å²) in [5, 5.41) is 0.392. The molecule has 2 atom stereocenters. The molecular weight excluding hydrogens is 436 g/mol. The number of aliphatic imine (C=N–C) groups is 1. The highest BCUT2D eigenvalue weighted by Crippen LogP contribution is 2.41. The first-order chi connectivity index (χ1) is 14.9. The normalized spacial score (nSPS) is 23.0. The van der Waals surface area contributed by atoms with Gasteiger partial charge in [-0.05, 0) is 37.3 Å². The number of methoxy groups -OCH3 is 1. The Hall–Kier alpha value is -2.52. The molecule has 0 N–H and O–H groups in total. The molecule has 7 nitrogen and oxygen atoms in total. The fourth-order valence-electron chi connectivity index (χ4n) is 3.89. The van der Waals surface area contributed by atoms with Gasteiger partial charge in [-0.2, -0.15) is 4.99 Å². The molecule has 2 aliphatic heterocycles. The summed E-state index contributed by atoms with van der Waals surface area (Å²) in [6.45, 7) is 2.48. The van der Waals surface area contributed by atoms with Gasteiger partial charge in [-0.15, -0.1) is 0 Å². The van der Waals surface area contributed by atoms with Crippen molar-refractivity contribution < 1.29 is 22.7 Å². The van der Waals surface area contributed by atoms with Gasteiger partial charge in [0.05, 0.1) is 37.7 Å². The maximum absolute atomic E-state index is 12.8. The van der Waals surface area contributed by atoms with Crippen molar-refractivity contribution in [2.24, 2.45) is 4.99 Å². The minimum atomic E-state index is -3.12. The number of hydrogen-bond donors (Lipinski definition) is 0. The lowest BCUT2D eigenvalue weighted by Crippen LogP contribution is -2.37. The third-order valence-corrected chi connectivity index (χ3v) is 8.46. The first kappa shape index (κ1) is 21.7. The number of amidine groups is 1. The molecule has 31 heavy (non-hydrogen) atoms. The summed E-state index contributed by atoms with van der Waals surface area (Å²) in [6.07, 6.45) is 0.110. The van der Waals surface area contributed by atoms with E-state index in [1.165, 1.54) is 11.8 Å². The number of benzene rings is 2. The van der Waals surface area contributed by atoms with Crippen LogP contribution in [0.1, 0.15) is 12.5 Å². The molecule has 164 valence electrons. The van der Waals surface area contributed by atoms with Crippen LogP contribution in [0.4, 0.5) is 5.69 Å². The summed E-state index contributed by atoms with van der Waals surface area (Å²) in [5.41, 5.74) is 1.56. The average Bonchev–Trinajstić information content (AvgIpc) is 3.20. The number of anilines is 1. The van der Waals surface area contributed by atoms with Gasteiger partial charge in [-0.25, -0.2) is 8.42 Å². The molecule has 9 heteroatoms. The molecule has 0 bridgehead atoms. The van der Waals surface area contributed by atoms with Crippen molar-refractivity contribution in [3.05, 3.63) is 54.1 Å². The van der Waals surface area contributed by atoms with Crippen molar-refractivity contribution in [3.63, 3.8) is 0 Å². The maximum Gasteiger partial charge on any atom is 0.252 e. The molecular formula is C22H24N2O5S2. The van der Waals surface area contributed by atoms with E-state index in [1.54, 1.807) is 7.11 Å². The van der Waals surface area contributed by atoms with Gasteiger partial charge in [0.15, 0.2) is 15.0 Å². The van der Waals surface area contributed by atoms with E-state index in [9.17, 15) is 13.2 Å². The summed E-state index contributed by atoms with van der Waals surface area (Å²) < 4.78 is 35.3. The van der Waals surface area contributed by atoms with Crippen LogP contribution in [0.5, 0.6) is 11.5 Å². The van der Waals surface area contributed by atoms with E-state index >= 15 is 0 Å². The second kappa shape index (κ2) is 8.92. The van der Waals surface area contributed by atoms with E-state index in [0.717, 1.165) is 17.0 Å². The van der Waals surface area contributed by atoms with Gasteiger partial charge in [0.1, 0.15) is 11.5 Å². The third kappa shape index (κ3) is 4.72. The van der Waals surface area contributed by atoms with E-state index in [1.807, 2.05) is 60.4 Å². The van der Waals surface area contributed by atoms with Crippen molar-refractivity contribution >= 4 is 38.4 Å². The molecule has 2 aromatic carbocycles. The standard InChI is InChI=1S/C22H24N2O5S2/c1-3-29-17-10-8-16(9-11-17)24-18-13-31(26,27)14-20(18)30-22(24)23-21(25)12-15-6-4-5-7-19(15)28-2/h4-11,18,20H,3,12-14H2,1-2H3. The summed E-state index contributed by atoms with van der Waals surface area (Å²) in [4.78, 5) is 19.0. The Morgan fingerprint density at radius 1 is 1.16 bits per heavy atom. The predicted molar refractivity (Wildman–Crippen MR) is 123 cm³/mol. The van der Waals surface area contributed by atoms with E-state index in [4.69, 9.17) is 9.47 Å². The highest BCUT2D eigenvalue weighted by molar-refractivity contribution is 8.16. The second-order valence-electron chi connectivity index (χ2n) is 7.37. The Kier molecular flexibility index (Phi) is 6.24. The Balaban J connectivity index is 1.62. The predicted octanol–water partition coefficient (Wildman–Crippen LogP) is 2.94. The van der Waals surface area contributed by atoms with Gasteiger partial charge in [0.2, 0.25) is 0 Å². The number of amides is 1. The molecule has 2 fully saturated rings. The van der Waals surface area contributed by atoms with Gasteiger partial charge >= 0.3 is 0 Å². The lowest BCUT2D eigenvalue weighted by Gasteiger charge is -2.24. The molecule has 0 aliphatic carbocycles. The quantitative estimate of drug-likeness (QED) is 0.655. The van der Waals surface area contributed by atoms with Crippen LogP contribution in [0.25, 0.3) is 0 Å². The first-order valence-corrected chi connectivity index (χ1v) is 12.7. The number of sulfone groups is 1. The summed E-state index contributed by atoms with van der Waals surface area (Å²) >= 11 is 1.36. The number of ether oxygens (including phenoxy) is 2. The molecule has 0 spiro atoms. The molecule has 2 saturated heterocycles. The van der Waals surface area contributed by atoms with Crippen molar-refractivity contribution in [1.29, 1.82) is 0 Å². The highest BCUT2D eigenvalue weighted by Gasteiger charge is 2.49. The van der Waals surface area contributed by atoms with Crippen LogP contribution < -0.4 is 14.4 Å². The Morgan fingerprint density at radius 2 is 1.90 bits per heavy atom. The topological polar surface area (TPSA) is 85.3 Å². The largest absolute Gasteiger partial charge is 0.496 e. The number of hydrogen-bond acceptors (Lipinski definition) is 6. The molecule has 2 unspecified atom stereocenters. The number of fused-ring (bicyclic) bond motifs is 1. The molecule has 0 aromatic heterocycles. The first-order valence-electron chi connectivity index (χ1n) is 10.0. The summed E-state index contributed by atoms with van der Waals surface area (Å²) in [7, 11) is -1.55.